The Balaban J connectivity index is 2.08. The summed E-state index contributed by atoms with van der Waals surface area (Å²) >= 11 is 0. The zero-order chi connectivity index (χ0) is 15.4. The Morgan fingerprint density at radius 2 is 2.00 bits per heavy atom. The molecule has 2 N–H and O–H groups in total. The number of rotatable bonds is 5. The zero-order valence-corrected chi connectivity index (χ0v) is 13.2. The number of benzene rings is 1. The van der Waals surface area contributed by atoms with Gasteiger partial charge in [0, 0.05) is 25.0 Å². The molecule has 0 aliphatic rings. The lowest BCUT2D eigenvalue weighted by Crippen LogP contribution is -2.19. The van der Waals surface area contributed by atoms with Crippen LogP contribution in [0.3, 0.4) is 0 Å². The van der Waals surface area contributed by atoms with E-state index in [1.54, 1.807) is 7.11 Å². The van der Waals surface area contributed by atoms with E-state index in [-0.39, 0.29) is 0 Å². The first-order valence-electron chi connectivity index (χ1n) is 7.03. The number of nitrogens with zero attached hydrogens (tertiary/aromatic N) is 2. The van der Waals surface area contributed by atoms with Crippen molar-refractivity contribution in [3.63, 3.8) is 0 Å². The number of anilines is 1. The van der Waals surface area contributed by atoms with Gasteiger partial charge in [-0.2, -0.15) is 0 Å². The van der Waals surface area contributed by atoms with Crippen LogP contribution in [0.4, 0.5) is 5.69 Å². The standard InChI is InChI=1S/C17H23N3O/c1-12-9-19-16(13(2)17(12)18)11-20(3)10-14-6-5-7-15(8-14)21-4/h5-9H,10-11H2,1-4H3,(H2,18,19). The van der Waals surface area contributed by atoms with Gasteiger partial charge in [-0.15, -0.1) is 0 Å². The van der Waals surface area contributed by atoms with Gasteiger partial charge in [-0.3, -0.25) is 9.88 Å². The second-order valence-corrected chi connectivity index (χ2v) is 5.45. The molecular weight excluding hydrogens is 262 g/mol. The Hall–Kier alpha value is -2.07. The normalized spacial score (nSPS) is 10.9. The van der Waals surface area contributed by atoms with Gasteiger partial charge in [0.05, 0.1) is 12.8 Å². The van der Waals surface area contributed by atoms with Crippen LogP contribution in [0, 0.1) is 13.8 Å². The van der Waals surface area contributed by atoms with E-state index in [4.69, 9.17) is 10.5 Å². The van der Waals surface area contributed by atoms with Crippen molar-refractivity contribution in [1.82, 2.24) is 9.88 Å². The van der Waals surface area contributed by atoms with Crippen LogP contribution in [-0.2, 0) is 13.1 Å². The molecule has 4 nitrogen and oxygen atoms in total. The predicted octanol–water partition coefficient (Wildman–Crippen LogP) is 2.92. The molecule has 0 saturated heterocycles. The summed E-state index contributed by atoms with van der Waals surface area (Å²) in [6, 6.07) is 8.12. The van der Waals surface area contributed by atoms with Crippen LogP contribution in [-0.4, -0.2) is 24.0 Å². The average Bonchev–Trinajstić information content (AvgIpc) is 2.48. The second kappa shape index (κ2) is 6.59. The highest BCUT2D eigenvalue weighted by atomic mass is 16.5. The number of aromatic nitrogens is 1. The first-order valence-corrected chi connectivity index (χ1v) is 7.03. The Morgan fingerprint density at radius 1 is 1.24 bits per heavy atom. The van der Waals surface area contributed by atoms with Crippen molar-refractivity contribution in [2.45, 2.75) is 26.9 Å². The predicted molar refractivity (Wildman–Crippen MR) is 86.3 cm³/mol. The molecule has 0 aliphatic heterocycles. The first-order chi connectivity index (χ1) is 10.0. The summed E-state index contributed by atoms with van der Waals surface area (Å²) in [7, 11) is 3.77. The lowest BCUT2D eigenvalue weighted by atomic mass is 10.1. The Labute approximate surface area is 126 Å². The third-order valence-corrected chi connectivity index (χ3v) is 3.68. The lowest BCUT2D eigenvalue weighted by Gasteiger charge is -2.19. The lowest BCUT2D eigenvalue weighted by molar-refractivity contribution is 0.313. The van der Waals surface area contributed by atoms with Crippen molar-refractivity contribution in [3.8, 4) is 5.75 Å². The topological polar surface area (TPSA) is 51.4 Å². The van der Waals surface area contributed by atoms with Crippen molar-refractivity contribution < 1.29 is 4.74 Å². The summed E-state index contributed by atoms with van der Waals surface area (Å²) in [4.78, 5) is 6.73. The van der Waals surface area contributed by atoms with Crippen molar-refractivity contribution in [2.24, 2.45) is 0 Å². The molecule has 4 heteroatoms. The van der Waals surface area contributed by atoms with E-state index in [0.29, 0.717) is 0 Å². The van der Waals surface area contributed by atoms with Crippen LogP contribution in [0.15, 0.2) is 30.5 Å². The monoisotopic (exact) mass is 285 g/mol. The second-order valence-electron chi connectivity index (χ2n) is 5.45. The van der Waals surface area contributed by atoms with Crippen molar-refractivity contribution >= 4 is 5.69 Å². The van der Waals surface area contributed by atoms with Crippen LogP contribution in [0.25, 0.3) is 0 Å². The molecule has 2 rings (SSSR count). The van der Waals surface area contributed by atoms with E-state index in [9.17, 15) is 0 Å². The van der Waals surface area contributed by atoms with Gasteiger partial charge in [0.25, 0.3) is 0 Å². The zero-order valence-electron chi connectivity index (χ0n) is 13.2. The van der Waals surface area contributed by atoms with E-state index in [2.05, 4.69) is 29.1 Å². The molecule has 2 aromatic rings. The smallest absolute Gasteiger partial charge is 0.119 e. The van der Waals surface area contributed by atoms with Gasteiger partial charge >= 0.3 is 0 Å². The van der Waals surface area contributed by atoms with Gasteiger partial charge in [0.2, 0.25) is 0 Å². The Morgan fingerprint density at radius 3 is 2.71 bits per heavy atom. The minimum atomic E-state index is 0.771. The number of hydrogen-bond donors (Lipinski definition) is 1. The maximum Gasteiger partial charge on any atom is 0.119 e. The summed E-state index contributed by atoms with van der Waals surface area (Å²) < 4.78 is 5.26. The van der Waals surface area contributed by atoms with E-state index in [0.717, 1.165) is 41.3 Å². The van der Waals surface area contributed by atoms with Gasteiger partial charge in [-0.25, -0.2) is 0 Å². The highest BCUT2D eigenvalue weighted by Gasteiger charge is 2.09. The highest BCUT2D eigenvalue weighted by molar-refractivity contribution is 5.53. The third-order valence-electron chi connectivity index (χ3n) is 3.68. The molecule has 0 bridgehead atoms. The Kier molecular flexibility index (Phi) is 4.81. The molecule has 0 spiro atoms. The summed E-state index contributed by atoms with van der Waals surface area (Å²) in [6.45, 7) is 5.63. The quantitative estimate of drug-likeness (QED) is 0.917. The van der Waals surface area contributed by atoms with E-state index < -0.39 is 0 Å². The molecule has 0 aliphatic carbocycles. The first kappa shape index (κ1) is 15.3. The molecule has 0 atom stereocenters. The average molecular weight is 285 g/mol. The fourth-order valence-corrected chi connectivity index (χ4v) is 2.35. The minimum absolute atomic E-state index is 0.771. The largest absolute Gasteiger partial charge is 0.497 e. The summed E-state index contributed by atoms with van der Waals surface area (Å²) in [6.07, 6.45) is 1.84. The molecular formula is C17H23N3O. The number of nitrogen functional groups attached to an aromatic ring is 1. The minimum Gasteiger partial charge on any atom is -0.497 e. The van der Waals surface area contributed by atoms with Crippen molar-refractivity contribution in [3.05, 3.63) is 52.8 Å². The number of pyridine rings is 1. The molecule has 1 aromatic carbocycles. The third kappa shape index (κ3) is 3.73. The van der Waals surface area contributed by atoms with Crippen LogP contribution in [0.2, 0.25) is 0 Å². The molecule has 1 aromatic heterocycles. The van der Waals surface area contributed by atoms with Crippen LogP contribution < -0.4 is 10.5 Å². The molecule has 112 valence electrons. The molecule has 0 fully saturated rings. The number of methoxy groups -OCH3 is 1. The number of nitrogens with two attached hydrogens (primary N) is 1. The van der Waals surface area contributed by atoms with E-state index in [1.807, 2.05) is 32.2 Å². The fourth-order valence-electron chi connectivity index (χ4n) is 2.35. The fraction of sp³-hybridized carbons (Fsp3) is 0.353. The molecule has 1 heterocycles. The van der Waals surface area contributed by atoms with Gasteiger partial charge in [-0.05, 0) is 49.7 Å². The van der Waals surface area contributed by atoms with E-state index in [1.165, 1.54) is 5.56 Å². The number of aryl methyl sites for hydroxylation is 1. The highest BCUT2D eigenvalue weighted by Crippen LogP contribution is 2.20. The van der Waals surface area contributed by atoms with Gasteiger partial charge in [-0.1, -0.05) is 12.1 Å². The van der Waals surface area contributed by atoms with Crippen LogP contribution in [0.5, 0.6) is 5.75 Å². The maximum absolute atomic E-state index is 6.07. The van der Waals surface area contributed by atoms with Crippen molar-refractivity contribution in [1.29, 1.82) is 0 Å². The number of hydrogen-bond acceptors (Lipinski definition) is 4. The summed E-state index contributed by atoms with van der Waals surface area (Å²) in [5, 5.41) is 0. The Bertz CT molecular complexity index is 625. The van der Waals surface area contributed by atoms with Crippen LogP contribution >= 0.6 is 0 Å². The van der Waals surface area contributed by atoms with Gasteiger partial charge < -0.3 is 10.5 Å². The molecule has 0 radical (unpaired) electrons. The van der Waals surface area contributed by atoms with Crippen molar-refractivity contribution in [2.75, 3.05) is 19.9 Å². The molecule has 0 amide bonds. The summed E-state index contributed by atoms with van der Waals surface area (Å²) in [5.41, 5.74) is 11.3. The number of ether oxygens (including phenoxy) is 1. The van der Waals surface area contributed by atoms with Crippen LogP contribution in [0.1, 0.15) is 22.4 Å². The summed E-state index contributed by atoms with van der Waals surface area (Å²) in [5.74, 6) is 0.884. The SMILES string of the molecule is COc1cccc(CN(C)Cc2ncc(C)c(N)c2C)c1. The van der Waals surface area contributed by atoms with Gasteiger partial charge in [0.15, 0.2) is 0 Å². The van der Waals surface area contributed by atoms with E-state index >= 15 is 0 Å². The molecule has 0 unspecified atom stereocenters. The van der Waals surface area contributed by atoms with Gasteiger partial charge in [0.1, 0.15) is 5.75 Å². The molecule has 0 saturated carbocycles. The maximum atomic E-state index is 6.07. The molecule has 21 heavy (non-hydrogen) atoms.